The molecule has 0 atom stereocenters. The number of nitriles is 1. The summed E-state index contributed by atoms with van der Waals surface area (Å²) < 4.78 is 0. The number of nitrogens with zero attached hydrogens (tertiary/aromatic N) is 3. The van der Waals surface area contributed by atoms with Gasteiger partial charge in [0.25, 0.3) is 5.91 Å². The molecule has 2 amide bonds. The fourth-order valence-electron chi connectivity index (χ4n) is 3.38. The van der Waals surface area contributed by atoms with Crippen molar-refractivity contribution >= 4 is 11.8 Å². The first kappa shape index (κ1) is 19.6. The molecular weight excluding hydrogens is 350 g/mol. The van der Waals surface area contributed by atoms with Crippen LogP contribution in [0, 0.1) is 11.3 Å². The van der Waals surface area contributed by atoms with E-state index in [0.717, 1.165) is 12.0 Å². The lowest BCUT2D eigenvalue weighted by atomic mass is 10.1. The number of benzene rings is 2. The van der Waals surface area contributed by atoms with Crippen molar-refractivity contribution in [1.29, 1.82) is 5.26 Å². The summed E-state index contributed by atoms with van der Waals surface area (Å²) in [6, 6.07) is 17.2. The Labute approximate surface area is 166 Å². The molecule has 0 spiro atoms. The van der Waals surface area contributed by atoms with Gasteiger partial charge in [-0.15, -0.1) is 0 Å². The van der Waals surface area contributed by atoms with Gasteiger partial charge in [0.15, 0.2) is 0 Å². The molecule has 0 aliphatic carbocycles. The van der Waals surface area contributed by atoms with Gasteiger partial charge < -0.3 is 9.80 Å². The van der Waals surface area contributed by atoms with Gasteiger partial charge in [-0.05, 0) is 48.2 Å². The van der Waals surface area contributed by atoms with E-state index in [-0.39, 0.29) is 11.8 Å². The van der Waals surface area contributed by atoms with Crippen LogP contribution in [0.25, 0.3) is 0 Å². The van der Waals surface area contributed by atoms with Gasteiger partial charge in [-0.1, -0.05) is 31.2 Å². The second-order valence-corrected chi connectivity index (χ2v) is 7.03. The van der Waals surface area contributed by atoms with Crippen LogP contribution in [0.1, 0.15) is 40.4 Å². The lowest BCUT2D eigenvalue weighted by Gasteiger charge is -2.35. The van der Waals surface area contributed by atoms with Crippen LogP contribution >= 0.6 is 0 Å². The maximum Gasteiger partial charge on any atom is 0.253 e. The van der Waals surface area contributed by atoms with Crippen molar-refractivity contribution in [3.8, 4) is 6.07 Å². The molecule has 5 heteroatoms. The highest BCUT2D eigenvalue weighted by molar-refractivity contribution is 5.94. The van der Waals surface area contributed by atoms with Crippen molar-refractivity contribution in [3.63, 3.8) is 0 Å². The number of aryl methyl sites for hydroxylation is 2. The van der Waals surface area contributed by atoms with E-state index in [1.54, 1.807) is 12.1 Å². The molecule has 5 nitrogen and oxygen atoms in total. The van der Waals surface area contributed by atoms with Crippen molar-refractivity contribution in [2.45, 2.75) is 26.2 Å². The van der Waals surface area contributed by atoms with E-state index in [2.05, 4.69) is 13.0 Å². The molecule has 1 fully saturated rings. The van der Waals surface area contributed by atoms with Crippen LogP contribution in [0.5, 0.6) is 0 Å². The van der Waals surface area contributed by atoms with E-state index >= 15 is 0 Å². The predicted octanol–water partition coefficient (Wildman–Crippen LogP) is 3.04. The van der Waals surface area contributed by atoms with Crippen molar-refractivity contribution < 1.29 is 9.59 Å². The van der Waals surface area contributed by atoms with Crippen LogP contribution in [0.2, 0.25) is 0 Å². The SMILES string of the molecule is CCc1ccc(C(=O)N2CCN(C(=O)CCc3ccc(C#N)cc3)CC2)cc1. The van der Waals surface area contributed by atoms with E-state index in [9.17, 15) is 9.59 Å². The van der Waals surface area contributed by atoms with Gasteiger partial charge in [-0.25, -0.2) is 0 Å². The summed E-state index contributed by atoms with van der Waals surface area (Å²) in [6.07, 6.45) is 2.06. The molecule has 1 heterocycles. The molecule has 1 aliphatic heterocycles. The third kappa shape index (κ3) is 4.77. The first-order valence-corrected chi connectivity index (χ1v) is 9.75. The minimum Gasteiger partial charge on any atom is -0.339 e. The average Bonchev–Trinajstić information content (AvgIpc) is 2.77. The van der Waals surface area contributed by atoms with Gasteiger partial charge in [-0.2, -0.15) is 5.26 Å². The van der Waals surface area contributed by atoms with Gasteiger partial charge in [0.2, 0.25) is 5.91 Å². The average molecular weight is 375 g/mol. The Bertz CT molecular complexity index is 858. The third-order valence-electron chi connectivity index (χ3n) is 5.24. The van der Waals surface area contributed by atoms with Crippen molar-refractivity contribution in [2.24, 2.45) is 0 Å². The fourth-order valence-corrected chi connectivity index (χ4v) is 3.38. The Morgan fingerprint density at radius 1 is 0.893 bits per heavy atom. The molecule has 2 aromatic rings. The molecule has 0 aromatic heterocycles. The van der Waals surface area contributed by atoms with Crippen LogP contribution < -0.4 is 0 Å². The van der Waals surface area contributed by atoms with E-state index in [1.165, 1.54) is 5.56 Å². The van der Waals surface area contributed by atoms with Gasteiger partial charge >= 0.3 is 0 Å². The van der Waals surface area contributed by atoms with Crippen LogP contribution in [0.15, 0.2) is 48.5 Å². The summed E-state index contributed by atoms with van der Waals surface area (Å²) in [4.78, 5) is 28.8. The maximum absolute atomic E-state index is 12.6. The van der Waals surface area contributed by atoms with E-state index < -0.39 is 0 Å². The lowest BCUT2D eigenvalue weighted by Crippen LogP contribution is -2.50. The fraction of sp³-hybridized carbons (Fsp3) is 0.348. The summed E-state index contributed by atoms with van der Waals surface area (Å²) in [5.41, 5.74) is 3.60. The Hall–Kier alpha value is -3.13. The highest BCUT2D eigenvalue weighted by Crippen LogP contribution is 2.13. The van der Waals surface area contributed by atoms with Crippen LogP contribution in [-0.2, 0) is 17.6 Å². The van der Waals surface area contributed by atoms with Crippen LogP contribution in [0.3, 0.4) is 0 Å². The highest BCUT2D eigenvalue weighted by atomic mass is 16.2. The summed E-state index contributed by atoms with van der Waals surface area (Å²) in [5.74, 6) is 0.149. The van der Waals surface area contributed by atoms with Crippen molar-refractivity contribution in [3.05, 3.63) is 70.8 Å². The number of carbonyl (C=O) groups excluding carboxylic acids is 2. The molecular formula is C23H25N3O2. The highest BCUT2D eigenvalue weighted by Gasteiger charge is 2.24. The predicted molar refractivity (Wildman–Crippen MR) is 108 cm³/mol. The first-order chi connectivity index (χ1) is 13.6. The number of amides is 2. The Morgan fingerprint density at radius 3 is 2.04 bits per heavy atom. The summed E-state index contributed by atoms with van der Waals surface area (Å²) in [6.45, 7) is 4.37. The molecule has 0 unspecified atom stereocenters. The topological polar surface area (TPSA) is 64.4 Å². The number of hydrogen-bond donors (Lipinski definition) is 0. The minimum absolute atomic E-state index is 0.0346. The standard InChI is InChI=1S/C23H25N3O2/c1-2-18-7-10-21(11-8-18)23(28)26-15-13-25(14-16-26)22(27)12-9-19-3-5-20(17-24)6-4-19/h3-8,10-11H,2,9,12-16H2,1H3. The van der Waals surface area contributed by atoms with Gasteiger partial charge in [-0.3, -0.25) is 9.59 Å². The Morgan fingerprint density at radius 2 is 1.46 bits per heavy atom. The van der Waals surface area contributed by atoms with Gasteiger partial charge in [0, 0.05) is 38.2 Å². The maximum atomic E-state index is 12.6. The van der Waals surface area contributed by atoms with E-state index in [1.807, 2.05) is 46.2 Å². The molecule has 1 saturated heterocycles. The molecule has 2 aromatic carbocycles. The second-order valence-electron chi connectivity index (χ2n) is 7.03. The molecule has 144 valence electrons. The largest absolute Gasteiger partial charge is 0.339 e. The molecule has 0 N–H and O–H groups in total. The molecule has 0 bridgehead atoms. The normalized spacial score (nSPS) is 13.9. The van der Waals surface area contributed by atoms with Crippen LogP contribution in [0.4, 0.5) is 0 Å². The number of hydrogen-bond acceptors (Lipinski definition) is 3. The summed E-state index contributed by atoms with van der Waals surface area (Å²) >= 11 is 0. The second kappa shape index (κ2) is 9.18. The number of carbonyl (C=O) groups is 2. The van der Waals surface area contributed by atoms with E-state index in [4.69, 9.17) is 5.26 Å². The van der Waals surface area contributed by atoms with Crippen molar-refractivity contribution in [1.82, 2.24) is 9.80 Å². The van der Waals surface area contributed by atoms with E-state index in [0.29, 0.717) is 50.1 Å². The summed E-state index contributed by atoms with van der Waals surface area (Å²) in [5, 5.41) is 8.83. The van der Waals surface area contributed by atoms with Crippen LogP contribution in [-0.4, -0.2) is 47.8 Å². The van der Waals surface area contributed by atoms with Gasteiger partial charge in [0.1, 0.15) is 0 Å². The molecule has 0 saturated carbocycles. The quantitative estimate of drug-likeness (QED) is 0.807. The Kier molecular flexibility index (Phi) is 6.44. The molecule has 28 heavy (non-hydrogen) atoms. The molecule has 0 radical (unpaired) electrons. The zero-order valence-corrected chi connectivity index (χ0v) is 16.2. The zero-order valence-electron chi connectivity index (χ0n) is 16.2. The van der Waals surface area contributed by atoms with Gasteiger partial charge in [0.05, 0.1) is 11.6 Å². The minimum atomic E-state index is 0.0346. The smallest absolute Gasteiger partial charge is 0.253 e. The Balaban J connectivity index is 1.47. The molecule has 1 aliphatic rings. The third-order valence-corrected chi connectivity index (χ3v) is 5.24. The zero-order chi connectivity index (χ0) is 19.9. The first-order valence-electron chi connectivity index (χ1n) is 9.75. The summed E-state index contributed by atoms with van der Waals surface area (Å²) in [7, 11) is 0. The number of piperazine rings is 1. The van der Waals surface area contributed by atoms with Crippen molar-refractivity contribution in [2.75, 3.05) is 26.2 Å². The molecule has 3 rings (SSSR count). The number of rotatable bonds is 5. The lowest BCUT2D eigenvalue weighted by molar-refractivity contribution is -0.132. The monoisotopic (exact) mass is 375 g/mol.